The van der Waals surface area contributed by atoms with Gasteiger partial charge in [-0.1, -0.05) is 0 Å². The van der Waals surface area contributed by atoms with Crippen molar-refractivity contribution in [3.63, 3.8) is 0 Å². The van der Waals surface area contributed by atoms with Gasteiger partial charge < -0.3 is 19.7 Å². The molecule has 0 aliphatic carbocycles. The molecule has 0 spiro atoms. The molecule has 0 unspecified atom stereocenters. The van der Waals surface area contributed by atoms with Crippen molar-refractivity contribution in [1.29, 1.82) is 0 Å². The third-order valence-electron chi connectivity index (χ3n) is 3.79. The third kappa shape index (κ3) is 4.10. The molecule has 136 valence electrons. The predicted molar refractivity (Wildman–Crippen MR) is 92.5 cm³/mol. The Balaban J connectivity index is 2.35. The van der Waals surface area contributed by atoms with Gasteiger partial charge in [0.15, 0.2) is 0 Å². The van der Waals surface area contributed by atoms with Gasteiger partial charge in [-0.15, -0.1) is 0 Å². The second-order valence-electron chi connectivity index (χ2n) is 7.05. The number of alkyl carbamates (subject to hydrolysis) is 1. The number of hydrogen-bond acceptors (Lipinski definition) is 3. The fourth-order valence-electron chi connectivity index (χ4n) is 2.73. The number of benzene rings is 1. The molecule has 0 saturated heterocycles. The largest absolute Gasteiger partial charge is 0.477 e. The highest BCUT2D eigenvalue weighted by molar-refractivity contribution is 5.96. The molecule has 1 amide bonds. The topological polar surface area (TPSA) is 80.6 Å². The van der Waals surface area contributed by atoms with E-state index in [1.165, 1.54) is 16.7 Å². The molecule has 2 N–H and O–H groups in total. The van der Waals surface area contributed by atoms with Crippen molar-refractivity contribution >= 4 is 23.0 Å². The van der Waals surface area contributed by atoms with E-state index in [0.717, 1.165) is 0 Å². The molecular formula is C18H23FN2O4. The summed E-state index contributed by atoms with van der Waals surface area (Å²) in [4.78, 5) is 23.4. The zero-order chi connectivity index (χ0) is 18.9. The summed E-state index contributed by atoms with van der Waals surface area (Å²) in [5, 5.41) is 12.7. The second-order valence-corrected chi connectivity index (χ2v) is 7.05. The smallest absolute Gasteiger partial charge is 0.407 e. The summed E-state index contributed by atoms with van der Waals surface area (Å²) in [6, 6.07) is 3.97. The standard InChI is InChI=1S/C18H23FN2O4/c1-10(9-20-17(24)25-18(3,4)5)21-14(16(22)23)8-12-6-7-13(19)11(2)15(12)21/h6-8,10H,9H2,1-5H3,(H,20,24)(H,22,23)/t10-/m1/s1. The molecule has 0 aliphatic heterocycles. The summed E-state index contributed by atoms with van der Waals surface area (Å²) in [6.45, 7) is 8.77. The Labute approximate surface area is 145 Å². The summed E-state index contributed by atoms with van der Waals surface area (Å²) in [5.74, 6) is -1.52. The van der Waals surface area contributed by atoms with Gasteiger partial charge in [0, 0.05) is 23.5 Å². The van der Waals surface area contributed by atoms with E-state index in [4.69, 9.17) is 4.74 Å². The number of carbonyl (C=O) groups excluding carboxylic acids is 1. The monoisotopic (exact) mass is 350 g/mol. The Morgan fingerprint density at radius 2 is 2.00 bits per heavy atom. The van der Waals surface area contributed by atoms with Crippen molar-refractivity contribution in [3.05, 3.63) is 35.3 Å². The Morgan fingerprint density at radius 1 is 1.36 bits per heavy atom. The van der Waals surface area contributed by atoms with Crippen LogP contribution in [0.15, 0.2) is 18.2 Å². The van der Waals surface area contributed by atoms with Crippen molar-refractivity contribution in [2.45, 2.75) is 46.3 Å². The van der Waals surface area contributed by atoms with Gasteiger partial charge in [-0.25, -0.2) is 14.0 Å². The zero-order valence-electron chi connectivity index (χ0n) is 15.0. The Bertz CT molecular complexity index is 821. The quantitative estimate of drug-likeness (QED) is 0.877. The van der Waals surface area contributed by atoms with Crippen LogP contribution in [-0.2, 0) is 4.74 Å². The van der Waals surface area contributed by atoms with E-state index in [1.807, 2.05) is 0 Å². The van der Waals surface area contributed by atoms with Crippen molar-refractivity contribution in [1.82, 2.24) is 9.88 Å². The van der Waals surface area contributed by atoms with Crippen molar-refractivity contribution in [2.24, 2.45) is 0 Å². The Kier molecular flexibility index (Phi) is 5.06. The van der Waals surface area contributed by atoms with Crippen LogP contribution in [0.25, 0.3) is 10.9 Å². The zero-order valence-corrected chi connectivity index (χ0v) is 15.0. The summed E-state index contributed by atoms with van der Waals surface area (Å²) < 4.78 is 20.7. The number of carboxylic acids is 1. The molecule has 6 nitrogen and oxygen atoms in total. The second kappa shape index (κ2) is 6.74. The Hall–Kier alpha value is -2.57. The Morgan fingerprint density at radius 3 is 2.56 bits per heavy atom. The van der Waals surface area contributed by atoms with Crippen LogP contribution in [0.1, 0.15) is 49.8 Å². The molecule has 2 rings (SSSR count). The van der Waals surface area contributed by atoms with E-state index >= 15 is 0 Å². The average molecular weight is 350 g/mol. The van der Waals surface area contributed by atoms with Crippen LogP contribution in [0.5, 0.6) is 0 Å². The van der Waals surface area contributed by atoms with Gasteiger partial charge in [0.2, 0.25) is 0 Å². The first-order valence-electron chi connectivity index (χ1n) is 8.01. The molecular weight excluding hydrogens is 327 g/mol. The predicted octanol–water partition coefficient (Wildman–Crippen LogP) is 3.87. The number of aromatic nitrogens is 1. The molecule has 0 fully saturated rings. The molecule has 0 saturated carbocycles. The average Bonchev–Trinajstić information content (AvgIpc) is 2.87. The third-order valence-corrected chi connectivity index (χ3v) is 3.79. The van der Waals surface area contributed by atoms with Crippen LogP contribution >= 0.6 is 0 Å². The molecule has 1 atom stereocenters. The highest BCUT2D eigenvalue weighted by atomic mass is 19.1. The molecule has 0 bridgehead atoms. The molecule has 0 aliphatic rings. The number of ether oxygens (including phenoxy) is 1. The maximum Gasteiger partial charge on any atom is 0.407 e. The fourth-order valence-corrected chi connectivity index (χ4v) is 2.73. The highest BCUT2D eigenvalue weighted by Crippen LogP contribution is 2.28. The number of aryl methyl sites for hydroxylation is 1. The lowest BCUT2D eigenvalue weighted by Crippen LogP contribution is -2.35. The van der Waals surface area contributed by atoms with Crippen LogP contribution in [0.2, 0.25) is 0 Å². The number of amides is 1. The maximum absolute atomic E-state index is 14.0. The van der Waals surface area contributed by atoms with Crippen LogP contribution in [0.4, 0.5) is 9.18 Å². The molecule has 0 radical (unpaired) electrons. The van der Waals surface area contributed by atoms with Gasteiger partial charge >= 0.3 is 12.1 Å². The van der Waals surface area contributed by atoms with Crippen LogP contribution < -0.4 is 5.32 Å². The lowest BCUT2D eigenvalue weighted by Gasteiger charge is -2.22. The first kappa shape index (κ1) is 18.8. The van der Waals surface area contributed by atoms with Crippen LogP contribution in [0, 0.1) is 12.7 Å². The van der Waals surface area contributed by atoms with E-state index in [9.17, 15) is 19.1 Å². The number of nitrogens with one attached hydrogen (secondary N) is 1. The van der Waals surface area contributed by atoms with E-state index in [2.05, 4.69) is 5.32 Å². The highest BCUT2D eigenvalue weighted by Gasteiger charge is 2.22. The van der Waals surface area contributed by atoms with Gasteiger partial charge in [-0.2, -0.15) is 0 Å². The van der Waals surface area contributed by atoms with Gasteiger partial charge in [0.05, 0.1) is 5.52 Å². The number of carboxylic acid groups (broad SMARTS) is 1. The number of rotatable bonds is 4. The van der Waals surface area contributed by atoms with Crippen molar-refractivity contribution in [3.8, 4) is 0 Å². The molecule has 1 heterocycles. The summed E-state index contributed by atoms with van der Waals surface area (Å²) in [7, 11) is 0. The molecule has 2 aromatic rings. The minimum atomic E-state index is -1.11. The summed E-state index contributed by atoms with van der Waals surface area (Å²) in [5.41, 5.74) is 0.298. The van der Waals surface area contributed by atoms with E-state index < -0.39 is 29.5 Å². The molecule has 25 heavy (non-hydrogen) atoms. The molecule has 7 heteroatoms. The van der Waals surface area contributed by atoms with Gasteiger partial charge in [-0.3, -0.25) is 0 Å². The molecule has 1 aromatic heterocycles. The van der Waals surface area contributed by atoms with Gasteiger partial charge in [0.25, 0.3) is 0 Å². The first-order valence-corrected chi connectivity index (χ1v) is 8.01. The minimum absolute atomic E-state index is 0.0437. The lowest BCUT2D eigenvalue weighted by molar-refractivity contribution is 0.0521. The van der Waals surface area contributed by atoms with E-state index in [-0.39, 0.29) is 12.2 Å². The van der Waals surface area contributed by atoms with E-state index in [0.29, 0.717) is 16.5 Å². The number of carbonyl (C=O) groups is 2. The first-order chi connectivity index (χ1) is 11.5. The van der Waals surface area contributed by atoms with Gasteiger partial charge in [-0.05, 0) is 52.8 Å². The van der Waals surface area contributed by atoms with E-state index in [1.54, 1.807) is 40.7 Å². The normalized spacial score (nSPS) is 12.9. The maximum atomic E-state index is 14.0. The fraction of sp³-hybridized carbons (Fsp3) is 0.444. The summed E-state index contributed by atoms with van der Waals surface area (Å²) >= 11 is 0. The summed E-state index contributed by atoms with van der Waals surface area (Å²) in [6.07, 6.45) is -0.587. The lowest BCUT2D eigenvalue weighted by atomic mass is 10.1. The number of nitrogens with zero attached hydrogens (tertiary/aromatic N) is 1. The molecule has 1 aromatic carbocycles. The number of fused-ring (bicyclic) bond motifs is 1. The SMILES string of the molecule is Cc1c(F)ccc2cc(C(=O)O)n([C@H](C)CNC(=O)OC(C)(C)C)c12. The minimum Gasteiger partial charge on any atom is -0.477 e. The van der Waals surface area contributed by atoms with Crippen LogP contribution in [-0.4, -0.2) is 33.9 Å². The van der Waals surface area contributed by atoms with Crippen molar-refractivity contribution < 1.29 is 23.8 Å². The number of aromatic carboxylic acids is 1. The number of halogens is 1. The van der Waals surface area contributed by atoms with Gasteiger partial charge in [0.1, 0.15) is 17.1 Å². The van der Waals surface area contributed by atoms with Crippen molar-refractivity contribution in [2.75, 3.05) is 6.54 Å². The van der Waals surface area contributed by atoms with Crippen LogP contribution in [0.3, 0.4) is 0 Å². The number of hydrogen-bond donors (Lipinski definition) is 2.